The number of para-hydroxylation sites is 1. The molecule has 152 valence electrons. The number of benzene rings is 2. The van der Waals surface area contributed by atoms with E-state index in [0.29, 0.717) is 34.4 Å². The van der Waals surface area contributed by atoms with Crippen molar-refractivity contribution in [3.05, 3.63) is 64.4 Å². The summed E-state index contributed by atoms with van der Waals surface area (Å²) in [6, 6.07) is 15.2. The smallest absolute Gasteiger partial charge is 0.262 e. The van der Waals surface area contributed by atoms with Crippen LogP contribution in [0.15, 0.2) is 58.5 Å². The van der Waals surface area contributed by atoms with Crippen molar-refractivity contribution in [2.45, 2.75) is 45.3 Å². The first-order valence-electron chi connectivity index (χ1n) is 9.87. The Morgan fingerprint density at radius 1 is 1.10 bits per heavy atom. The highest BCUT2D eigenvalue weighted by atomic mass is 32.2. The minimum absolute atomic E-state index is 0.0585. The van der Waals surface area contributed by atoms with Crippen LogP contribution in [-0.4, -0.2) is 21.2 Å². The molecule has 0 fully saturated rings. The largest absolute Gasteiger partial charge is 0.325 e. The zero-order valence-corrected chi connectivity index (χ0v) is 18.1. The molecule has 0 saturated heterocycles. The van der Waals surface area contributed by atoms with Crippen molar-refractivity contribution < 1.29 is 4.79 Å². The molecule has 0 unspecified atom stereocenters. The molecule has 1 aromatic heterocycles. The lowest BCUT2D eigenvalue weighted by atomic mass is 10.0. The van der Waals surface area contributed by atoms with Gasteiger partial charge in [-0.3, -0.25) is 14.2 Å². The zero-order chi connectivity index (χ0) is 21.0. The second-order valence-electron chi connectivity index (χ2n) is 7.84. The molecule has 6 heteroatoms. The first-order chi connectivity index (χ1) is 13.8. The van der Waals surface area contributed by atoms with Gasteiger partial charge in [-0.05, 0) is 41.7 Å². The Balaban J connectivity index is 1.79. The minimum atomic E-state index is -0.116. The molecule has 0 atom stereocenters. The van der Waals surface area contributed by atoms with E-state index in [9.17, 15) is 9.59 Å². The van der Waals surface area contributed by atoms with Crippen molar-refractivity contribution in [3.8, 4) is 0 Å². The zero-order valence-electron chi connectivity index (χ0n) is 17.3. The van der Waals surface area contributed by atoms with Crippen molar-refractivity contribution >= 4 is 34.3 Å². The third-order valence-corrected chi connectivity index (χ3v) is 5.52. The van der Waals surface area contributed by atoms with Crippen LogP contribution in [0.5, 0.6) is 0 Å². The number of anilines is 1. The van der Waals surface area contributed by atoms with Gasteiger partial charge in [-0.25, -0.2) is 4.98 Å². The van der Waals surface area contributed by atoms with Gasteiger partial charge in [0.05, 0.1) is 16.7 Å². The fourth-order valence-electron chi connectivity index (χ4n) is 3.09. The van der Waals surface area contributed by atoms with Crippen LogP contribution in [0, 0.1) is 5.92 Å². The topological polar surface area (TPSA) is 64.0 Å². The molecule has 0 aliphatic rings. The molecule has 0 radical (unpaired) electrons. The van der Waals surface area contributed by atoms with Crippen molar-refractivity contribution in [3.63, 3.8) is 0 Å². The predicted octanol–water partition coefficient (Wildman–Crippen LogP) is 4.91. The van der Waals surface area contributed by atoms with E-state index in [1.165, 1.54) is 17.3 Å². The molecular formula is C23H27N3O2S. The van der Waals surface area contributed by atoms with Crippen LogP contribution >= 0.6 is 11.8 Å². The minimum Gasteiger partial charge on any atom is -0.325 e. The Morgan fingerprint density at radius 3 is 2.59 bits per heavy atom. The summed E-state index contributed by atoms with van der Waals surface area (Å²) in [5.41, 5.74) is 2.56. The SMILES string of the molecule is CC(C)Cn1c(SCC(=O)Nc2cccc(C(C)C)c2)nc2ccccc2c1=O. The average Bonchev–Trinajstić information content (AvgIpc) is 2.69. The first kappa shape index (κ1) is 21.1. The predicted molar refractivity (Wildman–Crippen MR) is 121 cm³/mol. The molecule has 29 heavy (non-hydrogen) atoms. The monoisotopic (exact) mass is 409 g/mol. The van der Waals surface area contributed by atoms with Crippen molar-refractivity contribution in [2.24, 2.45) is 5.92 Å². The molecular weight excluding hydrogens is 382 g/mol. The number of amides is 1. The second kappa shape index (κ2) is 9.27. The lowest BCUT2D eigenvalue weighted by Crippen LogP contribution is -2.26. The van der Waals surface area contributed by atoms with Gasteiger partial charge in [0.2, 0.25) is 5.91 Å². The Morgan fingerprint density at radius 2 is 1.86 bits per heavy atom. The third-order valence-electron chi connectivity index (χ3n) is 4.54. The number of rotatable bonds is 7. The molecule has 5 nitrogen and oxygen atoms in total. The molecule has 1 heterocycles. The van der Waals surface area contributed by atoms with Gasteiger partial charge in [-0.15, -0.1) is 0 Å². The molecule has 1 N–H and O–H groups in total. The van der Waals surface area contributed by atoms with E-state index in [0.717, 1.165) is 5.69 Å². The molecule has 0 aliphatic heterocycles. The van der Waals surface area contributed by atoms with Gasteiger partial charge in [0, 0.05) is 12.2 Å². The highest BCUT2D eigenvalue weighted by Gasteiger charge is 2.14. The van der Waals surface area contributed by atoms with Crippen LogP contribution < -0.4 is 10.9 Å². The summed E-state index contributed by atoms with van der Waals surface area (Å²) >= 11 is 1.30. The average molecular weight is 410 g/mol. The van der Waals surface area contributed by atoms with Crippen LogP contribution in [0.4, 0.5) is 5.69 Å². The highest BCUT2D eigenvalue weighted by molar-refractivity contribution is 7.99. The van der Waals surface area contributed by atoms with Gasteiger partial charge in [-0.2, -0.15) is 0 Å². The van der Waals surface area contributed by atoms with E-state index < -0.39 is 0 Å². The van der Waals surface area contributed by atoms with Crippen LogP contribution in [-0.2, 0) is 11.3 Å². The van der Waals surface area contributed by atoms with Crippen LogP contribution in [0.25, 0.3) is 10.9 Å². The number of nitrogens with one attached hydrogen (secondary N) is 1. The fourth-order valence-corrected chi connectivity index (χ4v) is 3.90. The first-order valence-corrected chi connectivity index (χ1v) is 10.9. The van der Waals surface area contributed by atoms with E-state index in [1.54, 1.807) is 10.6 Å². The van der Waals surface area contributed by atoms with Gasteiger partial charge in [-0.1, -0.05) is 63.7 Å². The number of hydrogen-bond donors (Lipinski definition) is 1. The second-order valence-corrected chi connectivity index (χ2v) is 8.78. The molecule has 0 saturated carbocycles. The number of fused-ring (bicyclic) bond motifs is 1. The molecule has 0 aliphatic carbocycles. The van der Waals surface area contributed by atoms with Crippen molar-refractivity contribution in [1.82, 2.24) is 9.55 Å². The molecule has 3 rings (SSSR count). The number of thioether (sulfide) groups is 1. The van der Waals surface area contributed by atoms with E-state index in [2.05, 4.69) is 44.1 Å². The maximum atomic E-state index is 12.9. The Bertz CT molecular complexity index is 1070. The highest BCUT2D eigenvalue weighted by Crippen LogP contribution is 2.21. The molecule has 2 aromatic carbocycles. The normalized spacial score (nSPS) is 11.4. The summed E-state index contributed by atoms with van der Waals surface area (Å²) in [5, 5.41) is 4.13. The van der Waals surface area contributed by atoms with Gasteiger partial charge >= 0.3 is 0 Å². The molecule has 0 bridgehead atoms. The van der Waals surface area contributed by atoms with E-state index in [-0.39, 0.29) is 17.2 Å². The summed E-state index contributed by atoms with van der Waals surface area (Å²) in [7, 11) is 0. The Kier molecular flexibility index (Phi) is 6.75. The molecule has 3 aromatic rings. The van der Waals surface area contributed by atoms with Gasteiger partial charge < -0.3 is 5.32 Å². The maximum Gasteiger partial charge on any atom is 0.262 e. The summed E-state index contributed by atoms with van der Waals surface area (Å²) in [5.74, 6) is 0.764. The summed E-state index contributed by atoms with van der Waals surface area (Å²) in [6.45, 7) is 8.93. The van der Waals surface area contributed by atoms with Gasteiger partial charge in [0.25, 0.3) is 5.56 Å². The number of nitrogens with zero attached hydrogens (tertiary/aromatic N) is 2. The van der Waals surface area contributed by atoms with Crippen LogP contribution in [0.1, 0.15) is 39.2 Å². The summed E-state index contributed by atoms with van der Waals surface area (Å²) < 4.78 is 1.68. The van der Waals surface area contributed by atoms with Gasteiger partial charge in [0.15, 0.2) is 5.16 Å². The summed E-state index contributed by atoms with van der Waals surface area (Å²) in [6.07, 6.45) is 0. The van der Waals surface area contributed by atoms with Crippen molar-refractivity contribution in [2.75, 3.05) is 11.1 Å². The van der Waals surface area contributed by atoms with Crippen LogP contribution in [0.3, 0.4) is 0 Å². The number of carbonyl (C=O) groups excluding carboxylic acids is 1. The Hall–Kier alpha value is -2.60. The lowest BCUT2D eigenvalue weighted by Gasteiger charge is -2.15. The van der Waals surface area contributed by atoms with Crippen LogP contribution in [0.2, 0.25) is 0 Å². The molecule has 1 amide bonds. The number of carbonyl (C=O) groups is 1. The molecule has 0 spiro atoms. The standard InChI is InChI=1S/C23H27N3O2S/c1-15(2)13-26-22(28)19-10-5-6-11-20(19)25-23(26)29-14-21(27)24-18-9-7-8-17(12-18)16(3)4/h5-12,15-16H,13-14H2,1-4H3,(H,24,27). The van der Waals surface area contributed by atoms with Gasteiger partial charge in [0.1, 0.15) is 0 Å². The fraction of sp³-hybridized carbons (Fsp3) is 0.348. The number of hydrogen-bond acceptors (Lipinski definition) is 4. The third kappa shape index (κ3) is 5.26. The maximum absolute atomic E-state index is 12.9. The quantitative estimate of drug-likeness (QED) is 0.445. The van der Waals surface area contributed by atoms with E-state index >= 15 is 0 Å². The van der Waals surface area contributed by atoms with E-state index in [1.807, 2.05) is 36.4 Å². The number of aromatic nitrogens is 2. The lowest BCUT2D eigenvalue weighted by molar-refractivity contribution is -0.113. The van der Waals surface area contributed by atoms with Crippen molar-refractivity contribution in [1.29, 1.82) is 0 Å². The van der Waals surface area contributed by atoms with E-state index in [4.69, 9.17) is 0 Å². The Labute approximate surface area is 175 Å². The summed E-state index contributed by atoms with van der Waals surface area (Å²) in [4.78, 5) is 30.1.